The van der Waals surface area contributed by atoms with Crippen LogP contribution in [0, 0.1) is 0 Å². The highest BCUT2D eigenvalue weighted by Gasteiger charge is 1.93. The Morgan fingerprint density at radius 1 is 1.31 bits per heavy atom. The predicted octanol–water partition coefficient (Wildman–Crippen LogP) is 3.32. The van der Waals surface area contributed by atoms with Crippen molar-refractivity contribution in [2.45, 2.75) is 19.8 Å². The highest BCUT2D eigenvalue weighted by molar-refractivity contribution is 6.20. The molecule has 0 unspecified atom stereocenters. The Hall–Kier alpha value is -0.270. The Bertz CT molecular complexity index is 207. The van der Waals surface area contributed by atoms with Crippen molar-refractivity contribution in [3.05, 3.63) is 23.3 Å². The summed E-state index contributed by atoms with van der Waals surface area (Å²) in [6.45, 7) is 1.79. The summed E-state index contributed by atoms with van der Waals surface area (Å²) in [6, 6.07) is 0. The van der Waals surface area contributed by atoms with Gasteiger partial charge < -0.3 is 0 Å². The van der Waals surface area contributed by atoms with Gasteiger partial charge in [0.2, 0.25) is 0 Å². The Morgan fingerprint density at radius 2 is 2.00 bits per heavy atom. The fourth-order valence-electron chi connectivity index (χ4n) is 0.866. The van der Waals surface area contributed by atoms with Crippen molar-refractivity contribution in [2.24, 2.45) is 0 Å². The molecule has 0 heterocycles. The SMILES string of the molecule is C/C(C=O)=C\CC/C(=C/CCl)CCl. The molecule has 0 saturated carbocycles. The second-order valence-corrected chi connectivity index (χ2v) is 3.33. The highest BCUT2D eigenvalue weighted by atomic mass is 35.5. The molecule has 0 N–H and O–H groups in total. The summed E-state index contributed by atoms with van der Waals surface area (Å²) in [7, 11) is 0. The molecular formula is C10H14Cl2O. The molecule has 0 radical (unpaired) electrons. The molecule has 74 valence electrons. The number of halogens is 2. The molecule has 0 aliphatic heterocycles. The van der Waals surface area contributed by atoms with Crippen LogP contribution in [0.3, 0.4) is 0 Å². The quantitative estimate of drug-likeness (QED) is 0.291. The zero-order chi connectivity index (χ0) is 10.1. The first-order valence-corrected chi connectivity index (χ1v) is 5.23. The maximum absolute atomic E-state index is 10.2. The zero-order valence-electron chi connectivity index (χ0n) is 7.72. The molecule has 0 aromatic rings. The number of hydrogen-bond donors (Lipinski definition) is 0. The Labute approximate surface area is 89.4 Å². The van der Waals surface area contributed by atoms with Crippen molar-refractivity contribution in [3.8, 4) is 0 Å². The summed E-state index contributed by atoms with van der Waals surface area (Å²) in [4.78, 5) is 10.2. The van der Waals surface area contributed by atoms with E-state index < -0.39 is 0 Å². The van der Waals surface area contributed by atoms with Gasteiger partial charge in [0.05, 0.1) is 0 Å². The maximum atomic E-state index is 10.2. The van der Waals surface area contributed by atoms with Crippen molar-refractivity contribution in [1.82, 2.24) is 0 Å². The van der Waals surface area contributed by atoms with E-state index in [4.69, 9.17) is 23.2 Å². The van der Waals surface area contributed by atoms with Crippen LogP contribution in [0.1, 0.15) is 19.8 Å². The lowest BCUT2D eigenvalue weighted by Gasteiger charge is -1.99. The largest absolute Gasteiger partial charge is 0.298 e. The van der Waals surface area contributed by atoms with Crippen molar-refractivity contribution >= 4 is 29.5 Å². The molecule has 0 rings (SSSR count). The Balaban J connectivity index is 3.86. The second kappa shape index (κ2) is 8.33. The second-order valence-electron chi connectivity index (χ2n) is 2.75. The molecule has 0 aromatic heterocycles. The number of carbonyl (C=O) groups excluding carboxylic acids is 1. The monoisotopic (exact) mass is 220 g/mol. The van der Waals surface area contributed by atoms with Gasteiger partial charge in [0.25, 0.3) is 0 Å². The molecule has 0 bridgehead atoms. The molecule has 13 heavy (non-hydrogen) atoms. The Kier molecular flexibility index (Phi) is 8.16. The fraction of sp³-hybridized carbons (Fsp3) is 0.500. The van der Waals surface area contributed by atoms with E-state index in [1.165, 1.54) is 0 Å². The van der Waals surface area contributed by atoms with Crippen molar-refractivity contribution in [1.29, 1.82) is 0 Å². The summed E-state index contributed by atoms with van der Waals surface area (Å²) in [5.74, 6) is 1.01. The van der Waals surface area contributed by atoms with Crippen LogP contribution in [-0.4, -0.2) is 18.0 Å². The standard InChI is InChI=1S/C10H14Cl2O/c1-9(8-13)3-2-4-10(7-12)5-6-11/h3,5,8H,2,4,6-7H2,1H3/b9-3+,10-5-. The lowest BCUT2D eigenvalue weighted by molar-refractivity contribution is -0.104. The lowest BCUT2D eigenvalue weighted by atomic mass is 10.1. The smallest absolute Gasteiger partial charge is 0.145 e. The van der Waals surface area contributed by atoms with E-state index in [9.17, 15) is 4.79 Å². The van der Waals surface area contributed by atoms with E-state index in [0.717, 1.165) is 30.3 Å². The molecule has 0 amide bonds. The van der Waals surface area contributed by atoms with Crippen LogP contribution in [0.25, 0.3) is 0 Å². The van der Waals surface area contributed by atoms with Gasteiger partial charge in [-0.15, -0.1) is 23.2 Å². The molecule has 0 fully saturated rings. The van der Waals surface area contributed by atoms with E-state index >= 15 is 0 Å². The lowest BCUT2D eigenvalue weighted by Crippen LogP contribution is -1.86. The first kappa shape index (κ1) is 12.7. The van der Waals surface area contributed by atoms with Gasteiger partial charge in [-0.3, -0.25) is 4.79 Å². The minimum atomic E-state index is 0.498. The minimum Gasteiger partial charge on any atom is -0.298 e. The van der Waals surface area contributed by atoms with Crippen molar-refractivity contribution in [3.63, 3.8) is 0 Å². The van der Waals surface area contributed by atoms with Gasteiger partial charge in [0.1, 0.15) is 6.29 Å². The van der Waals surface area contributed by atoms with Crippen LogP contribution >= 0.6 is 23.2 Å². The Morgan fingerprint density at radius 3 is 2.46 bits per heavy atom. The number of hydrogen-bond acceptors (Lipinski definition) is 1. The molecule has 0 saturated heterocycles. The molecule has 3 heteroatoms. The zero-order valence-corrected chi connectivity index (χ0v) is 9.24. The van der Waals surface area contributed by atoms with Crippen LogP contribution in [0.2, 0.25) is 0 Å². The normalized spacial score (nSPS) is 13.2. The topological polar surface area (TPSA) is 17.1 Å². The number of alkyl halides is 2. The fourth-order valence-corrected chi connectivity index (χ4v) is 1.33. The highest BCUT2D eigenvalue weighted by Crippen LogP contribution is 2.09. The van der Waals surface area contributed by atoms with Crippen LogP contribution in [0.4, 0.5) is 0 Å². The van der Waals surface area contributed by atoms with Gasteiger partial charge in [-0.05, 0) is 25.3 Å². The van der Waals surface area contributed by atoms with Crippen LogP contribution in [0.15, 0.2) is 23.3 Å². The van der Waals surface area contributed by atoms with E-state index in [1.807, 2.05) is 12.2 Å². The summed E-state index contributed by atoms with van der Waals surface area (Å²) in [5.41, 5.74) is 1.89. The van der Waals surface area contributed by atoms with Crippen LogP contribution in [0.5, 0.6) is 0 Å². The van der Waals surface area contributed by atoms with Crippen LogP contribution in [-0.2, 0) is 4.79 Å². The third-order valence-corrected chi connectivity index (χ3v) is 2.15. The summed E-state index contributed by atoms with van der Waals surface area (Å²) >= 11 is 11.2. The molecular weight excluding hydrogens is 207 g/mol. The average molecular weight is 221 g/mol. The third-order valence-electron chi connectivity index (χ3n) is 1.66. The van der Waals surface area contributed by atoms with E-state index in [1.54, 1.807) is 6.92 Å². The van der Waals surface area contributed by atoms with E-state index in [-0.39, 0.29) is 0 Å². The van der Waals surface area contributed by atoms with Gasteiger partial charge in [-0.1, -0.05) is 17.7 Å². The van der Waals surface area contributed by atoms with E-state index in [0.29, 0.717) is 11.8 Å². The average Bonchev–Trinajstić information content (AvgIpc) is 2.16. The first-order valence-electron chi connectivity index (χ1n) is 4.16. The van der Waals surface area contributed by atoms with Gasteiger partial charge in [0.15, 0.2) is 0 Å². The van der Waals surface area contributed by atoms with Crippen LogP contribution < -0.4 is 0 Å². The predicted molar refractivity (Wildman–Crippen MR) is 58.6 cm³/mol. The molecule has 0 aliphatic carbocycles. The number of allylic oxidation sites excluding steroid dienone is 4. The number of rotatable bonds is 6. The summed E-state index contributed by atoms with van der Waals surface area (Å²) in [6.07, 6.45) is 6.40. The minimum absolute atomic E-state index is 0.498. The molecule has 0 atom stereocenters. The van der Waals surface area contributed by atoms with Gasteiger partial charge in [0, 0.05) is 11.8 Å². The van der Waals surface area contributed by atoms with Crippen molar-refractivity contribution in [2.75, 3.05) is 11.8 Å². The molecule has 1 nitrogen and oxygen atoms in total. The summed E-state index contributed by atoms with van der Waals surface area (Å²) in [5, 5.41) is 0. The van der Waals surface area contributed by atoms with Crippen molar-refractivity contribution < 1.29 is 4.79 Å². The summed E-state index contributed by atoms with van der Waals surface area (Å²) < 4.78 is 0. The number of aldehydes is 1. The molecule has 0 spiro atoms. The van der Waals surface area contributed by atoms with Gasteiger partial charge >= 0.3 is 0 Å². The van der Waals surface area contributed by atoms with Gasteiger partial charge in [-0.25, -0.2) is 0 Å². The van der Waals surface area contributed by atoms with E-state index in [2.05, 4.69) is 0 Å². The molecule has 0 aliphatic rings. The maximum Gasteiger partial charge on any atom is 0.145 e. The third kappa shape index (κ3) is 6.85. The van der Waals surface area contributed by atoms with Gasteiger partial charge in [-0.2, -0.15) is 0 Å². The number of carbonyl (C=O) groups is 1. The first-order chi connectivity index (χ1) is 6.24. The molecule has 0 aromatic carbocycles.